The summed E-state index contributed by atoms with van der Waals surface area (Å²) in [6, 6.07) is 15.8. The van der Waals surface area contributed by atoms with Crippen LogP contribution in [0.2, 0.25) is 0 Å². The summed E-state index contributed by atoms with van der Waals surface area (Å²) in [5.41, 5.74) is -0.605. The molecule has 0 saturated carbocycles. The molecule has 0 fully saturated rings. The Morgan fingerprint density at radius 3 is 2.34 bits per heavy atom. The van der Waals surface area contributed by atoms with Crippen LogP contribution in [0.4, 0.5) is 0 Å². The van der Waals surface area contributed by atoms with Crippen LogP contribution < -0.4 is 9.57 Å². The van der Waals surface area contributed by atoms with Crippen LogP contribution in [-0.2, 0) is 10.3 Å². The molecule has 0 bridgehead atoms. The third kappa shape index (κ3) is 2.70. The number of carbonyl (C=O) groups excluding carboxylic acids is 2. The molecule has 174 valence electrons. The maximum atomic E-state index is 13.1. The minimum Gasteiger partial charge on any atom is -0.508 e. The highest BCUT2D eigenvalue weighted by molar-refractivity contribution is 6.00. The Balaban J connectivity index is 1.61. The lowest BCUT2D eigenvalue weighted by Gasteiger charge is -2.37. The summed E-state index contributed by atoms with van der Waals surface area (Å²) in [7, 11) is 0. The predicted molar refractivity (Wildman–Crippen MR) is 117 cm³/mol. The number of hydrogen-bond acceptors (Lipinski definition) is 9. The Labute approximate surface area is 196 Å². The van der Waals surface area contributed by atoms with Crippen molar-refractivity contribution in [2.45, 2.75) is 5.60 Å². The summed E-state index contributed by atoms with van der Waals surface area (Å²) in [4.78, 5) is 31.1. The Bertz CT molecular complexity index is 1550. The smallest absolute Gasteiger partial charge is 0.371 e. The first-order valence-electron chi connectivity index (χ1n) is 10.3. The minimum absolute atomic E-state index is 0.0771. The number of nitrogens with zero attached hydrogens (tertiary/aromatic N) is 1. The minimum atomic E-state index is -1.55. The molecule has 2 aliphatic rings. The average Bonchev–Trinajstić information content (AvgIpc) is 3.30. The summed E-state index contributed by atoms with van der Waals surface area (Å²) >= 11 is 0. The maximum Gasteiger partial charge on any atom is 0.371 e. The van der Waals surface area contributed by atoms with E-state index in [0.717, 1.165) is 12.1 Å². The zero-order valence-corrected chi connectivity index (χ0v) is 17.6. The Kier molecular flexibility index (Phi) is 4.06. The molecule has 4 N–H and O–H groups in total. The Hall–Kier alpha value is -5.12. The molecular formula is C25H15NO9. The van der Waals surface area contributed by atoms with Crippen molar-refractivity contribution in [3.8, 4) is 34.8 Å². The fourth-order valence-electron chi connectivity index (χ4n) is 4.54. The quantitative estimate of drug-likeness (QED) is 0.322. The summed E-state index contributed by atoms with van der Waals surface area (Å²) in [5.74, 6) is -3.71. The number of ether oxygens (including phenoxy) is 2. The van der Waals surface area contributed by atoms with Crippen LogP contribution in [0.15, 0.2) is 66.7 Å². The van der Waals surface area contributed by atoms with Gasteiger partial charge in [0.05, 0.1) is 5.56 Å². The monoisotopic (exact) mass is 473 g/mol. The SMILES string of the molecule is O=C1OC2(c3ccc(O)cc3Oc3c2ccc(O)c3C(=O)On2c(O)ccc2O)c2ccccc21. The van der Waals surface area contributed by atoms with E-state index in [2.05, 4.69) is 0 Å². The Morgan fingerprint density at radius 2 is 1.57 bits per heavy atom. The molecular weight excluding hydrogens is 458 g/mol. The van der Waals surface area contributed by atoms with E-state index in [1.807, 2.05) is 0 Å². The van der Waals surface area contributed by atoms with Crippen molar-refractivity contribution in [2.75, 3.05) is 0 Å². The molecule has 10 nitrogen and oxygen atoms in total. The van der Waals surface area contributed by atoms with Gasteiger partial charge in [0, 0.05) is 34.9 Å². The summed E-state index contributed by atoms with van der Waals surface area (Å²) in [6.45, 7) is 0. The van der Waals surface area contributed by atoms with Crippen LogP contribution in [0.3, 0.4) is 0 Å². The van der Waals surface area contributed by atoms with E-state index in [1.165, 1.54) is 24.3 Å². The van der Waals surface area contributed by atoms with Gasteiger partial charge in [-0.3, -0.25) is 0 Å². The highest BCUT2D eigenvalue weighted by Gasteiger charge is 2.54. The zero-order chi connectivity index (χ0) is 24.5. The normalized spacial score (nSPS) is 17.2. The number of hydrogen-bond donors (Lipinski definition) is 4. The van der Waals surface area contributed by atoms with Crippen molar-refractivity contribution >= 4 is 11.9 Å². The zero-order valence-electron chi connectivity index (χ0n) is 17.6. The summed E-state index contributed by atoms with van der Waals surface area (Å²) in [6.07, 6.45) is 0. The van der Waals surface area contributed by atoms with E-state index in [-0.39, 0.29) is 22.8 Å². The number of aromatic hydroxyl groups is 4. The molecule has 1 unspecified atom stereocenters. The Morgan fingerprint density at radius 1 is 0.857 bits per heavy atom. The first-order valence-corrected chi connectivity index (χ1v) is 10.3. The van der Waals surface area contributed by atoms with E-state index in [0.29, 0.717) is 21.4 Å². The average molecular weight is 473 g/mol. The second-order valence-corrected chi connectivity index (χ2v) is 7.96. The number of benzene rings is 3. The molecule has 0 amide bonds. The third-order valence-electron chi connectivity index (χ3n) is 6.02. The van der Waals surface area contributed by atoms with Crippen LogP contribution in [0.1, 0.15) is 37.4 Å². The topological polar surface area (TPSA) is 148 Å². The molecule has 35 heavy (non-hydrogen) atoms. The maximum absolute atomic E-state index is 13.1. The van der Waals surface area contributed by atoms with Gasteiger partial charge in [-0.05, 0) is 30.3 Å². The van der Waals surface area contributed by atoms with E-state index in [1.54, 1.807) is 30.3 Å². The van der Waals surface area contributed by atoms with Gasteiger partial charge in [0.2, 0.25) is 11.8 Å². The number of rotatable bonds is 2. The van der Waals surface area contributed by atoms with Crippen LogP contribution in [0.25, 0.3) is 0 Å². The van der Waals surface area contributed by atoms with Gasteiger partial charge in [-0.2, -0.15) is 0 Å². The number of fused-ring (bicyclic) bond motifs is 6. The summed E-state index contributed by atoms with van der Waals surface area (Å²) in [5, 5.41) is 40.4. The summed E-state index contributed by atoms with van der Waals surface area (Å²) < 4.78 is 12.4. The second-order valence-electron chi connectivity index (χ2n) is 7.96. The molecule has 4 aromatic rings. The lowest BCUT2D eigenvalue weighted by atomic mass is 9.77. The first kappa shape index (κ1) is 20.5. The molecule has 6 rings (SSSR count). The van der Waals surface area contributed by atoms with Gasteiger partial charge >= 0.3 is 11.9 Å². The van der Waals surface area contributed by atoms with Crippen molar-refractivity contribution in [1.82, 2.24) is 4.73 Å². The van der Waals surface area contributed by atoms with E-state index < -0.39 is 40.6 Å². The van der Waals surface area contributed by atoms with Crippen LogP contribution in [-0.4, -0.2) is 37.1 Å². The fraction of sp³-hybridized carbons (Fsp3) is 0.0400. The largest absolute Gasteiger partial charge is 0.508 e. The van der Waals surface area contributed by atoms with Gasteiger partial charge < -0.3 is 34.7 Å². The standard InChI is InChI=1S/C25H15NO9/c27-12-5-6-15-18(11-12)33-22-16(25(15)14-4-2-1-3-13(14)23(31)34-25)7-8-17(28)21(22)24(32)35-26-19(29)9-10-20(26)30/h1-11,27-30H. The van der Waals surface area contributed by atoms with Crippen molar-refractivity contribution in [3.05, 3.63) is 94.5 Å². The third-order valence-corrected chi connectivity index (χ3v) is 6.02. The van der Waals surface area contributed by atoms with Gasteiger partial charge in [-0.1, -0.05) is 18.2 Å². The first-order chi connectivity index (χ1) is 16.8. The number of esters is 1. The van der Waals surface area contributed by atoms with E-state index in [9.17, 15) is 30.0 Å². The molecule has 10 heteroatoms. The lowest BCUT2D eigenvalue weighted by molar-refractivity contribution is 0.0222. The molecule has 2 aliphatic heterocycles. The highest BCUT2D eigenvalue weighted by Crippen LogP contribution is 2.58. The van der Waals surface area contributed by atoms with E-state index >= 15 is 0 Å². The van der Waals surface area contributed by atoms with Crippen LogP contribution in [0.5, 0.6) is 34.8 Å². The second kappa shape index (κ2) is 6.94. The van der Waals surface area contributed by atoms with Crippen molar-refractivity contribution < 1.29 is 44.3 Å². The van der Waals surface area contributed by atoms with Gasteiger partial charge in [0.1, 0.15) is 22.8 Å². The number of carbonyl (C=O) groups is 2. The van der Waals surface area contributed by atoms with Crippen LogP contribution >= 0.6 is 0 Å². The van der Waals surface area contributed by atoms with Gasteiger partial charge in [-0.25, -0.2) is 9.59 Å². The van der Waals surface area contributed by atoms with Crippen molar-refractivity contribution in [3.63, 3.8) is 0 Å². The number of aromatic nitrogens is 1. The van der Waals surface area contributed by atoms with Crippen molar-refractivity contribution in [1.29, 1.82) is 0 Å². The molecule has 1 atom stereocenters. The highest BCUT2D eigenvalue weighted by atomic mass is 16.7. The lowest BCUT2D eigenvalue weighted by Crippen LogP contribution is -2.34. The molecule has 0 radical (unpaired) electrons. The molecule has 3 heterocycles. The number of phenolic OH excluding ortho intramolecular Hbond substituents is 2. The number of phenols is 2. The van der Waals surface area contributed by atoms with E-state index in [4.69, 9.17) is 14.3 Å². The van der Waals surface area contributed by atoms with Gasteiger partial charge in [0.25, 0.3) is 0 Å². The van der Waals surface area contributed by atoms with Gasteiger partial charge in [0.15, 0.2) is 11.4 Å². The van der Waals surface area contributed by atoms with Gasteiger partial charge in [-0.15, -0.1) is 4.73 Å². The predicted octanol–water partition coefficient (Wildman–Crippen LogP) is 3.15. The van der Waals surface area contributed by atoms with Crippen LogP contribution in [0, 0.1) is 0 Å². The van der Waals surface area contributed by atoms with Crippen molar-refractivity contribution in [2.24, 2.45) is 0 Å². The fourth-order valence-corrected chi connectivity index (χ4v) is 4.54. The molecule has 3 aromatic carbocycles. The molecule has 0 saturated heterocycles. The molecule has 1 spiro atoms. The molecule has 0 aliphatic carbocycles. The molecule has 1 aromatic heterocycles.